The van der Waals surface area contributed by atoms with Gasteiger partial charge in [0.05, 0.1) is 23.6 Å². The maximum absolute atomic E-state index is 7.50. The predicted octanol–water partition coefficient (Wildman–Crippen LogP) is 6.77. The van der Waals surface area contributed by atoms with Gasteiger partial charge in [0.25, 0.3) is 0 Å². The SMILES string of the molecule is CCN(CC)Cc1cccc(CN2[C]N(c3c(C(C)C)cccc3C(C)C)C=C2)n1.[Br][Ru].[C-]#[O+]. The van der Waals surface area contributed by atoms with Crippen LogP contribution in [0.25, 0.3) is 0 Å². The van der Waals surface area contributed by atoms with Crippen molar-refractivity contribution in [2.75, 3.05) is 18.0 Å². The van der Waals surface area contributed by atoms with Crippen molar-refractivity contribution in [3.8, 4) is 0 Å². The number of hydrogen-bond donors (Lipinski definition) is 0. The number of pyridine rings is 1. The molecule has 1 aromatic carbocycles. The first kappa shape index (κ1) is 30.5. The quantitative estimate of drug-likeness (QED) is 0.178. The fourth-order valence-electron chi connectivity index (χ4n) is 3.91. The van der Waals surface area contributed by atoms with Crippen LogP contribution < -0.4 is 4.90 Å². The van der Waals surface area contributed by atoms with Crippen molar-refractivity contribution in [1.82, 2.24) is 14.8 Å². The van der Waals surface area contributed by atoms with Gasteiger partial charge >= 0.3 is 41.3 Å². The monoisotopic (exact) mass is 613 g/mol. The molecule has 2 heterocycles. The van der Waals surface area contributed by atoms with Crippen molar-refractivity contribution in [1.29, 1.82) is 0 Å². The van der Waals surface area contributed by atoms with Crippen molar-refractivity contribution in [2.24, 2.45) is 0 Å². The minimum atomic E-state index is 0.460. The van der Waals surface area contributed by atoms with E-state index in [1.54, 1.807) is 0 Å². The molecule has 1 aliphatic heterocycles. The Hall–Kier alpha value is -1.49. The topological polar surface area (TPSA) is 42.5 Å². The number of halogens is 1. The van der Waals surface area contributed by atoms with Gasteiger partial charge in [-0.1, -0.05) is 65.8 Å². The van der Waals surface area contributed by atoms with Crippen LogP contribution in [0, 0.1) is 13.3 Å². The Balaban J connectivity index is 0.00000137. The van der Waals surface area contributed by atoms with Crippen LogP contribution in [-0.4, -0.2) is 27.9 Å². The summed E-state index contributed by atoms with van der Waals surface area (Å²) in [6.07, 6.45) is 4.22. The van der Waals surface area contributed by atoms with Gasteiger partial charge in [0, 0.05) is 18.9 Å². The van der Waals surface area contributed by atoms with Crippen molar-refractivity contribution in [2.45, 2.75) is 66.5 Å². The summed E-state index contributed by atoms with van der Waals surface area (Å²) >= 11 is 5.03. The van der Waals surface area contributed by atoms with E-state index in [9.17, 15) is 0 Å². The second kappa shape index (κ2) is 16.2. The molecule has 7 heteroatoms. The zero-order valence-corrected chi connectivity index (χ0v) is 24.4. The molecule has 1 aromatic heterocycles. The van der Waals surface area contributed by atoms with Gasteiger partial charge in [0.1, 0.15) is 0 Å². The number of aromatic nitrogens is 1. The third-order valence-corrected chi connectivity index (χ3v) is 5.69. The van der Waals surface area contributed by atoms with Gasteiger partial charge < -0.3 is 9.80 Å². The number of anilines is 1. The number of para-hydroxylation sites is 1. The van der Waals surface area contributed by atoms with E-state index in [-0.39, 0.29) is 0 Å². The fourth-order valence-corrected chi connectivity index (χ4v) is 3.91. The molecule has 0 spiro atoms. The summed E-state index contributed by atoms with van der Waals surface area (Å²) in [5, 5.41) is 0. The molecule has 0 atom stereocenters. The molecular formula is C27H36BrN4ORu. The fraction of sp³-hybridized carbons (Fsp3) is 0.444. The van der Waals surface area contributed by atoms with Crippen molar-refractivity contribution >= 4 is 19.3 Å². The van der Waals surface area contributed by atoms with Crippen LogP contribution in [0.5, 0.6) is 0 Å². The minimum absolute atomic E-state index is 0.460. The van der Waals surface area contributed by atoms with E-state index in [0.717, 1.165) is 37.6 Å². The van der Waals surface area contributed by atoms with Crippen LogP contribution in [0.1, 0.15) is 75.9 Å². The third kappa shape index (κ3) is 8.62. The van der Waals surface area contributed by atoms with E-state index in [0.29, 0.717) is 11.8 Å². The van der Waals surface area contributed by atoms with E-state index in [4.69, 9.17) is 9.64 Å². The molecule has 1 aliphatic rings. The summed E-state index contributed by atoms with van der Waals surface area (Å²) in [5.74, 6) is 0.919. The van der Waals surface area contributed by atoms with Crippen LogP contribution in [0.2, 0.25) is 0 Å². The average molecular weight is 614 g/mol. The van der Waals surface area contributed by atoms with E-state index in [2.05, 4.69) is 148 Å². The van der Waals surface area contributed by atoms with Gasteiger partial charge in [0.2, 0.25) is 6.67 Å². The normalized spacial score (nSPS) is 12.6. The van der Waals surface area contributed by atoms with E-state index in [1.807, 2.05) is 0 Å². The van der Waals surface area contributed by atoms with Gasteiger partial charge in [0.15, 0.2) is 0 Å². The van der Waals surface area contributed by atoms with Crippen molar-refractivity contribution < 1.29 is 21.0 Å². The van der Waals surface area contributed by atoms with Crippen LogP contribution >= 0.6 is 13.6 Å². The van der Waals surface area contributed by atoms with Gasteiger partial charge in [-0.2, -0.15) is 0 Å². The van der Waals surface area contributed by atoms with Gasteiger partial charge in [-0.05, 0) is 48.2 Å². The van der Waals surface area contributed by atoms with Crippen LogP contribution in [0.4, 0.5) is 5.69 Å². The Kier molecular flexibility index (Phi) is 14.6. The molecule has 3 rings (SSSR count). The molecular weight excluding hydrogens is 577 g/mol. The Morgan fingerprint density at radius 3 is 2.00 bits per heavy atom. The molecule has 2 radical (unpaired) electrons. The summed E-state index contributed by atoms with van der Waals surface area (Å²) in [6, 6.07) is 13.0. The zero-order chi connectivity index (χ0) is 25.7. The van der Waals surface area contributed by atoms with Crippen molar-refractivity contribution in [3.05, 3.63) is 84.6 Å². The first-order valence-electron chi connectivity index (χ1n) is 11.6. The summed E-state index contributed by atoms with van der Waals surface area (Å²) in [7, 11) is 0. The summed E-state index contributed by atoms with van der Waals surface area (Å²) < 4.78 is 7.50. The van der Waals surface area contributed by atoms with E-state index >= 15 is 0 Å². The maximum atomic E-state index is 7.50. The van der Waals surface area contributed by atoms with Gasteiger partial charge in [-0.25, -0.2) is 0 Å². The third-order valence-electron chi connectivity index (χ3n) is 5.69. The number of benzene rings is 1. The molecule has 0 fully saturated rings. The second-order valence-corrected chi connectivity index (χ2v) is 8.57. The Morgan fingerprint density at radius 2 is 1.47 bits per heavy atom. The Labute approximate surface area is 223 Å². The molecule has 0 N–H and O–H groups in total. The molecule has 0 bridgehead atoms. The van der Waals surface area contributed by atoms with Crippen LogP contribution in [-0.2, 0) is 34.1 Å². The predicted molar refractivity (Wildman–Crippen MR) is 139 cm³/mol. The summed E-state index contributed by atoms with van der Waals surface area (Å²) in [4.78, 5) is 11.5. The van der Waals surface area contributed by atoms with Gasteiger partial charge in [-0.15, -0.1) is 0 Å². The van der Waals surface area contributed by atoms with Crippen LogP contribution in [0.15, 0.2) is 48.8 Å². The summed E-state index contributed by atoms with van der Waals surface area (Å²) in [5.41, 5.74) is 6.19. The van der Waals surface area contributed by atoms with E-state index < -0.39 is 0 Å². The second-order valence-electron chi connectivity index (χ2n) is 8.57. The molecule has 2 aromatic rings. The Morgan fingerprint density at radius 1 is 0.941 bits per heavy atom. The summed E-state index contributed by atoms with van der Waals surface area (Å²) in [6.45, 7) is 25.2. The average Bonchev–Trinajstić information content (AvgIpc) is 3.32. The van der Waals surface area contributed by atoms with Crippen LogP contribution in [0.3, 0.4) is 0 Å². The van der Waals surface area contributed by atoms with Gasteiger partial charge in [-0.3, -0.25) is 9.88 Å². The zero-order valence-electron chi connectivity index (χ0n) is 21.0. The molecule has 0 unspecified atom stereocenters. The molecule has 185 valence electrons. The molecule has 0 aliphatic carbocycles. The molecule has 0 saturated heterocycles. The molecule has 0 amide bonds. The molecule has 5 nitrogen and oxygen atoms in total. The Bertz CT molecular complexity index is 886. The molecule has 0 saturated carbocycles. The molecule has 34 heavy (non-hydrogen) atoms. The van der Waals surface area contributed by atoms with Crippen molar-refractivity contribution in [3.63, 3.8) is 0 Å². The first-order valence-corrected chi connectivity index (χ1v) is 15.5. The standard InChI is InChI=1S/C26H36N4.CO.BrH.Ru/c1-7-28(8-2)17-22-11-9-12-23(27-22)18-29-15-16-30(19-29)26-24(20(3)4)13-10-14-25(26)21(5)6;1-2;;/h9-16,20-21H,7-8,17-18H2,1-6H3;;1H;/q;;;+1/p-1. The van der Waals surface area contributed by atoms with E-state index in [1.165, 1.54) is 16.8 Å². The number of rotatable bonds is 9. The number of nitrogens with zero attached hydrogens (tertiary/aromatic N) is 4. The number of hydrogen-bond acceptors (Lipinski definition) is 4. The first-order chi connectivity index (χ1) is 16.4.